The Morgan fingerprint density at radius 1 is 1.37 bits per heavy atom. The molecule has 0 aliphatic heterocycles. The van der Waals surface area contributed by atoms with E-state index in [4.69, 9.17) is 0 Å². The van der Waals surface area contributed by atoms with Crippen LogP contribution in [0.3, 0.4) is 0 Å². The van der Waals surface area contributed by atoms with E-state index in [1.165, 1.54) is 5.56 Å². The molecule has 0 unspecified atom stereocenters. The van der Waals surface area contributed by atoms with Crippen LogP contribution in [0.5, 0.6) is 0 Å². The first-order chi connectivity index (χ1) is 8.83. The number of nitrogens with zero attached hydrogens (tertiary/aromatic N) is 2. The van der Waals surface area contributed by atoms with Gasteiger partial charge in [-0.15, -0.1) is 0 Å². The number of nitrogens with one attached hydrogen (secondary N) is 1. The van der Waals surface area contributed by atoms with E-state index in [1.807, 2.05) is 6.20 Å². The largest absolute Gasteiger partial charge is 0.359 e. The predicted molar refractivity (Wildman–Crippen MR) is 86.7 cm³/mol. The fourth-order valence-corrected chi connectivity index (χ4v) is 2.51. The van der Waals surface area contributed by atoms with Crippen molar-refractivity contribution in [3.63, 3.8) is 0 Å². The molecule has 1 rings (SSSR count). The Balaban J connectivity index is 2.86. The van der Waals surface area contributed by atoms with Crippen molar-refractivity contribution < 1.29 is 0 Å². The second kappa shape index (κ2) is 7.25. The zero-order chi connectivity index (χ0) is 14.5. The summed E-state index contributed by atoms with van der Waals surface area (Å²) in [7, 11) is 2.12. The molecule has 1 aromatic rings. The van der Waals surface area contributed by atoms with Crippen molar-refractivity contribution >= 4 is 21.7 Å². The molecule has 1 N–H and O–H groups in total. The summed E-state index contributed by atoms with van der Waals surface area (Å²) >= 11 is 3.51. The van der Waals surface area contributed by atoms with Gasteiger partial charge in [-0.05, 0) is 40.4 Å². The quantitative estimate of drug-likeness (QED) is 0.805. The minimum atomic E-state index is 0.262. The van der Waals surface area contributed by atoms with E-state index in [2.05, 4.69) is 71.9 Å². The first kappa shape index (κ1) is 16.4. The van der Waals surface area contributed by atoms with Crippen LogP contribution in [-0.4, -0.2) is 25.1 Å². The molecule has 0 spiro atoms. The number of halogens is 1. The lowest BCUT2D eigenvalue weighted by Crippen LogP contribution is -2.31. The molecule has 0 bridgehead atoms. The van der Waals surface area contributed by atoms with Gasteiger partial charge >= 0.3 is 0 Å². The third kappa shape index (κ3) is 5.91. The average Bonchev–Trinajstić information content (AvgIpc) is 2.27. The van der Waals surface area contributed by atoms with Crippen molar-refractivity contribution in [1.29, 1.82) is 0 Å². The molecule has 0 atom stereocenters. The van der Waals surface area contributed by atoms with E-state index in [1.54, 1.807) is 0 Å². The van der Waals surface area contributed by atoms with Crippen LogP contribution >= 0.6 is 15.9 Å². The van der Waals surface area contributed by atoms with E-state index < -0.39 is 0 Å². The topological polar surface area (TPSA) is 28.2 Å². The minimum Gasteiger partial charge on any atom is -0.359 e. The molecular formula is C15H26BrN3. The van der Waals surface area contributed by atoms with Gasteiger partial charge in [-0.2, -0.15) is 0 Å². The van der Waals surface area contributed by atoms with Gasteiger partial charge in [-0.1, -0.05) is 27.7 Å². The van der Waals surface area contributed by atoms with Gasteiger partial charge in [0.05, 0.1) is 0 Å². The van der Waals surface area contributed by atoms with Crippen LogP contribution in [0.2, 0.25) is 0 Å². The molecule has 3 nitrogen and oxygen atoms in total. The smallest absolute Gasteiger partial charge is 0.132 e. The first-order valence-corrected chi connectivity index (χ1v) is 7.69. The van der Waals surface area contributed by atoms with E-state index in [0.717, 1.165) is 36.3 Å². The molecule has 108 valence electrons. The first-order valence-electron chi connectivity index (χ1n) is 6.90. The van der Waals surface area contributed by atoms with Crippen molar-refractivity contribution in [2.24, 2.45) is 5.41 Å². The number of hydrogen-bond donors (Lipinski definition) is 1. The Bertz CT molecular complexity index is 399. The molecule has 0 amide bonds. The Kier molecular flexibility index (Phi) is 6.27. The van der Waals surface area contributed by atoms with Gasteiger partial charge in [0.15, 0.2) is 0 Å². The van der Waals surface area contributed by atoms with Crippen LogP contribution in [0.4, 0.5) is 5.82 Å². The Hall–Kier alpha value is -0.610. The molecule has 0 fully saturated rings. The average molecular weight is 328 g/mol. The van der Waals surface area contributed by atoms with Crippen LogP contribution in [0, 0.1) is 5.41 Å². The van der Waals surface area contributed by atoms with Crippen molar-refractivity contribution in [3.8, 4) is 0 Å². The lowest BCUT2D eigenvalue weighted by molar-refractivity contribution is 0.417. The third-order valence-electron chi connectivity index (χ3n) is 2.72. The Labute approximate surface area is 125 Å². The lowest BCUT2D eigenvalue weighted by Gasteiger charge is -2.29. The third-order valence-corrected chi connectivity index (χ3v) is 3.16. The zero-order valence-electron chi connectivity index (χ0n) is 12.8. The highest BCUT2D eigenvalue weighted by Gasteiger charge is 2.17. The minimum absolute atomic E-state index is 0.262. The highest BCUT2D eigenvalue weighted by molar-refractivity contribution is 9.10. The van der Waals surface area contributed by atoms with Gasteiger partial charge in [0.2, 0.25) is 0 Å². The predicted octanol–water partition coefficient (Wildman–Crippen LogP) is 3.83. The van der Waals surface area contributed by atoms with Crippen LogP contribution in [0.15, 0.2) is 16.7 Å². The lowest BCUT2D eigenvalue weighted by atomic mass is 9.96. The Morgan fingerprint density at radius 3 is 2.63 bits per heavy atom. The number of hydrogen-bond acceptors (Lipinski definition) is 3. The molecule has 4 heteroatoms. The summed E-state index contributed by atoms with van der Waals surface area (Å²) in [6, 6.07) is 2.16. The standard InChI is InChI=1S/C15H26BrN3/c1-6-7-17-9-12-8-13(16)10-18-14(12)19(5)11-15(2,3)4/h8,10,17H,6-7,9,11H2,1-5H3. The van der Waals surface area contributed by atoms with E-state index in [-0.39, 0.29) is 5.41 Å². The summed E-state index contributed by atoms with van der Waals surface area (Å²) in [5.41, 5.74) is 1.51. The van der Waals surface area contributed by atoms with E-state index >= 15 is 0 Å². The summed E-state index contributed by atoms with van der Waals surface area (Å²) in [5, 5.41) is 3.45. The van der Waals surface area contributed by atoms with Crippen LogP contribution in [0.1, 0.15) is 39.7 Å². The van der Waals surface area contributed by atoms with Gasteiger partial charge in [-0.3, -0.25) is 0 Å². The zero-order valence-corrected chi connectivity index (χ0v) is 14.3. The number of aromatic nitrogens is 1. The monoisotopic (exact) mass is 327 g/mol. The molecule has 1 aromatic heterocycles. The maximum Gasteiger partial charge on any atom is 0.132 e. The molecule has 0 aliphatic rings. The Morgan fingerprint density at radius 2 is 2.05 bits per heavy atom. The van der Waals surface area contributed by atoms with Crippen molar-refractivity contribution in [1.82, 2.24) is 10.3 Å². The molecule has 0 radical (unpaired) electrons. The van der Waals surface area contributed by atoms with E-state index in [0.29, 0.717) is 0 Å². The van der Waals surface area contributed by atoms with Gasteiger partial charge in [0.1, 0.15) is 5.82 Å². The fraction of sp³-hybridized carbons (Fsp3) is 0.667. The van der Waals surface area contributed by atoms with Crippen molar-refractivity contribution in [3.05, 3.63) is 22.3 Å². The molecule has 0 saturated carbocycles. The molecule has 19 heavy (non-hydrogen) atoms. The van der Waals surface area contributed by atoms with Crippen molar-refractivity contribution in [2.75, 3.05) is 25.0 Å². The van der Waals surface area contributed by atoms with Crippen LogP contribution in [-0.2, 0) is 6.54 Å². The SMILES string of the molecule is CCCNCc1cc(Br)cnc1N(C)CC(C)(C)C. The summed E-state index contributed by atoms with van der Waals surface area (Å²) in [4.78, 5) is 6.83. The highest BCUT2D eigenvalue weighted by atomic mass is 79.9. The van der Waals surface area contributed by atoms with Crippen LogP contribution < -0.4 is 10.2 Å². The summed E-state index contributed by atoms with van der Waals surface area (Å²) < 4.78 is 1.04. The summed E-state index contributed by atoms with van der Waals surface area (Å²) in [6.45, 7) is 11.8. The van der Waals surface area contributed by atoms with Gasteiger partial charge in [-0.25, -0.2) is 4.98 Å². The normalized spacial score (nSPS) is 11.7. The molecule has 0 aromatic carbocycles. The number of pyridine rings is 1. The maximum atomic E-state index is 4.58. The molecule has 0 aliphatic carbocycles. The van der Waals surface area contributed by atoms with Gasteiger partial charge in [0.25, 0.3) is 0 Å². The van der Waals surface area contributed by atoms with Crippen LogP contribution in [0.25, 0.3) is 0 Å². The maximum absolute atomic E-state index is 4.58. The second-order valence-electron chi connectivity index (χ2n) is 6.23. The fourth-order valence-electron chi connectivity index (χ4n) is 2.13. The van der Waals surface area contributed by atoms with Gasteiger partial charge < -0.3 is 10.2 Å². The highest BCUT2D eigenvalue weighted by Crippen LogP contribution is 2.24. The van der Waals surface area contributed by atoms with E-state index in [9.17, 15) is 0 Å². The number of anilines is 1. The molecule has 0 saturated heterocycles. The van der Waals surface area contributed by atoms with Crippen molar-refractivity contribution in [2.45, 2.75) is 40.7 Å². The van der Waals surface area contributed by atoms with Gasteiger partial charge in [0, 0.05) is 36.4 Å². The summed E-state index contributed by atoms with van der Waals surface area (Å²) in [5.74, 6) is 1.07. The summed E-state index contributed by atoms with van der Waals surface area (Å²) in [6.07, 6.45) is 3.02. The molecular weight excluding hydrogens is 302 g/mol. The second-order valence-corrected chi connectivity index (χ2v) is 7.15. The molecule has 1 heterocycles. The number of rotatable bonds is 6.